The zero-order valence-electron chi connectivity index (χ0n) is 10.7. The van der Waals surface area contributed by atoms with Crippen LogP contribution in [-0.2, 0) is 4.74 Å². The van der Waals surface area contributed by atoms with Gasteiger partial charge in [0.25, 0.3) is 0 Å². The predicted octanol–water partition coefficient (Wildman–Crippen LogP) is 2.83. The quantitative estimate of drug-likeness (QED) is 0.713. The van der Waals surface area contributed by atoms with Crippen LogP contribution in [0, 0.1) is 5.41 Å². The van der Waals surface area contributed by atoms with Crippen LogP contribution in [0.15, 0.2) is 0 Å². The summed E-state index contributed by atoms with van der Waals surface area (Å²) in [5, 5.41) is 3.55. The number of rotatable bonds is 6. The lowest BCUT2D eigenvalue weighted by Gasteiger charge is -2.33. The molecular weight excluding hydrogens is 174 g/mol. The lowest BCUT2D eigenvalue weighted by Crippen LogP contribution is -2.44. The van der Waals surface area contributed by atoms with Crippen LogP contribution < -0.4 is 5.32 Å². The maximum atomic E-state index is 5.28. The molecule has 0 heterocycles. The molecule has 0 aliphatic carbocycles. The molecule has 2 nitrogen and oxygen atoms in total. The van der Waals surface area contributed by atoms with Crippen LogP contribution in [0.4, 0.5) is 0 Å². The van der Waals surface area contributed by atoms with E-state index in [9.17, 15) is 0 Å². The summed E-state index contributed by atoms with van der Waals surface area (Å²) in [6.45, 7) is 13.0. The third kappa shape index (κ3) is 6.39. The van der Waals surface area contributed by atoms with Crippen molar-refractivity contribution in [3.05, 3.63) is 0 Å². The number of methoxy groups -OCH3 is 1. The Labute approximate surface area is 89.4 Å². The average molecular weight is 201 g/mol. The minimum atomic E-state index is 0.197. The Balaban J connectivity index is 4.08. The van der Waals surface area contributed by atoms with Crippen molar-refractivity contribution in [1.29, 1.82) is 0 Å². The first-order chi connectivity index (χ1) is 6.33. The van der Waals surface area contributed by atoms with Gasteiger partial charge in [0.2, 0.25) is 0 Å². The average Bonchev–Trinajstić information content (AvgIpc) is 2.01. The molecule has 14 heavy (non-hydrogen) atoms. The minimum absolute atomic E-state index is 0.197. The molecule has 0 amide bonds. The van der Waals surface area contributed by atoms with Crippen molar-refractivity contribution in [3.8, 4) is 0 Å². The summed E-state index contributed by atoms with van der Waals surface area (Å²) in [5.74, 6) is 0. The molecule has 0 saturated heterocycles. The highest BCUT2D eigenvalue weighted by Gasteiger charge is 2.25. The first kappa shape index (κ1) is 13.9. The van der Waals surface area contributed by atoms with E-state index in [1.165, 1.54) is 12.8 Å². The van der Waals surface area contributed by atoms with Crippen molar-refractivity contribution in [1.82, 2.24) is 5.32 Å². The molecule has 0 saturated carbocycles. The van der Waals surface area contributed by atoms with Gasteiger partial charge in [-0.3, -0.25) is 0 Å². The number of nitrogens with one attached hydrogen (secondary N) is 1. The summed E-state index contributed by atoms with van der Waals surface area (Å²) in [4.78, 5) is 0. The van der Waals surface area contributed by atoms with Crippen molar-refractivity contribution in [2.75, 3.05) is 20.3 Å². The summed E-state index contributed by atoms with van der Waals surface area (Å²) in [6.07, 6.45) is 2.43. The molecule has 86 valence electrons. The van der Waals surface area contributed by atoms with E-state index in [0.717, 1.165) is 13.2 Å². The van der Waals surface area contributed by atoms with Crippen LogP contribution in [-0.4, -0.2) is 25.8 Å². The topological polar surface area (TPSA) is 21.3 Å². The molecule has 0 radical (unpaired) electrons. The van der Waals surface area contributed by atoms with Gasteiger partial charge in [-0.05, 0) is 27.2 Å². The monoisotopic (exact) mass is 201 g/mol. The van der Waals surface area contributed by atoms with Gasteiger partial charge in [-0.25, -0.2) is 0 Å². The highest BCUT2D eigenvalue weighted by Crippen LogP contribution is 2.23. The van der Waals surface area contributed by atoms with Gasteiger partial charge in [0, 0.05) is 24.6 Å². The predicted molar refractivity (Wildman–Crippen MR) is 62.6 cm³/mol. The molecule has 1 atom stereocenters. The molecule has 1 unspecified atom stereocenters. The van der Waals surface area contributed by atoms with E-state index in [2.05, 4.69) is 39.9 Å². The lowest BCUT2D eigenvalue weighted by molar-refractivity contribution is 0.0789. The lowest BCUT2D eigenvalue weighted by atomic mass is 9.85. The second-order valence-corrected chi connectivity index (χ2v) is 5.60. The molecule has 0 bridgehead atoms. The van der Waals surface area contributed by atoms with Gasteiger partial charge in [0.05, 0.1) is 6.61 Å². The van der Waals surface area contributed by atoms with E-state index < -0.39 is 0 Å². The van der Waals surface area contributed by atoms with E-state index in [0.29, 0.717) is 0 Å². The Bertz CT molecular complexity index is 143. The zero-order valence-corrected chi connectivity index (χ0v) is 10.7. The fourth-order valence-corrected chi connectivity index (χ4v) is 1.64. The van der Waals surface area contributed by atoms with E-state index in [-0.39, 0.29) is 11.0 Å². The summed E-state index contributed by atoms with van der Waals surface area (Å²) < 4.78 is 5.28. The van der Waals surface area contributed by atoms with Crippen LogP contribution in [0.1, 0.15) is 47.5 Å². The standard InChI is InChI=1S/C12H27NO/c1-7-8-12(5,10-14-6)9-13-11(2,3)4/h13H,7-10H2,1-6H3. The highest BCUT2D eigenvalue weighted by molar-refractivity contribution is 4.80. The molecule has 0 aromatic heterocycles. The zero-order chi connectivity index (χ0) is 11.2. The van der Waals surface area contributed by atoms with E-state index >= 15 is 0 Å². The maximum absolute atomic E-state index is 5.28. The van der Waals surface area contributed by atoms with Crippen molar-refractivity contribution in [3.63, 3.8) is 0 Å². The van der Waals surface area contributed by atoms with Crippen molar-refractivity contribution in [2.45, 2.75) is 53.0 Å². The van der Waals surface area contributed by atoms with Gasteiger partial charge in [0.15, 0.2) is 0 Å². The molecule has 0 aromatic carbocycles. The van der Waals surface area contributed by atoms with Gasteiger partial charge < -0.3 is 10.1 Å². The van der Waals surface area contributed by atoms with Crippen LogP contribution in [0.5, 0.6) is 0 Å². The summed E-state index contributed by atoms with van der Waals surface area (Å²) in [7, 11) is 1.78. The molecule has 0 rings (SSSR count). The minimum Gasteiger partial charge on any atom is -0.384 e. The molecule has 0 fully saturated rings. The molecule has 0 aliphatic heterocycles. The SMILES string of the molecule is CCCC(C)(CNC(C)(C)C)COC. The second kappa shape index (κ2) is 5.72. The molecule has 0 spiro atoms. The van der Waals surface area contributed by atoms with Crippen LogP contribution >= 0.6 is 0 Å². The van der Waals surface area contributed by atoms with Gasteiger partial charge in [-0.2, -0.15) is 0 Å². The van der Waals surface area contributed by atoms with Crippen LogP contribution in [0.2, 0.25) is 0 Å². The van der Waals surface area contributed by atoms with E-state index in [1.807, 2.05) is 0 Å². The van der Waals surface area contributed by atoms with Gasteiger partial charge in [-0.15, -0.1) is 0 Å². The van der Waals surface area contributed by atoms with Gasteiger partial charge >= 0.3 is 0 Å². The number of hydrogen-bond acceptors (Lipinski definition) is 2. The van der Waals surface area contributed by atoms with E-state index in [1.54, 1.807) is 7.11 Å². The summed E-state index contributed by atoms with van der Waals surface area (Å²) >= 11 is 0. The number of hydrogen-bond donors (Lipinski definition) is 1. The molecule has 2 heteroatoms. The first-order valence-corrected chi connectivity index (χ1v) is 5.57. The first-order valence-electron chi connectivity index (χ1n) is 5.57. The van der Waals surface area contributed by atoms with Crippen molar-refractivity contribution < 1.29 is 4.74 Å². The van der Waals surface area contributed by atoms with E-state index in [4.69, 9.17) is 4.74 Å². The molecule has 1 N–H and O–H groups in total. The molecule has 0 aromatic rings. The van der Waals surface area contributed by atoms with Crippen molar-refractivity contribution >= 4 is 0 Å². The Morgan fingerprint density at radius 3 is 2.07 bits per heavy atom. The summed E-state index contributed by atoms with van der Waals surface area (Å²) in [5.41, 5.74) is 0.472. The normalized spacial score (nSPS) is 16.7. The largest absolute Gasteiger partial charge is 0.384 e. The number of ether oxygens (including phenoxy) is 1. The highest BCUT2D eigenvalue weighted by atomic mass is 16.5. The molecular formula is C12H27NO. The smallest absolute Gasteiger partial charge is 0.0528 e. The third-order valence-corrected chi connectivity index (χ3v) is 2.39. The Morgan fingerprint density at radius 1 is 1.14 bits per heavy atom. The Kier molecular flexibility index (Phi) is 5.68. The van der Waals surface area contributed by atoms with Gasteiger partial charge in [-0.1, -0.05) is 20.3 Å². The van der Waals surface area contributed by atoms with Crippen LogP contribution in [0.25, 0.3) is 0 Å². The van der Waals surface area contributed by atoms with Gasteiger partial charge in [0.1, 0.15) is 0 Å². The Morgan fingerprint density at radius 2 is 1.71 bits per heavy atom. The van der Waals surface area contributed by atoms with Crippen molar-refractivity contribution in [2.24, 2.45) is 5.41 Å². The second-order valence-electron chi connectivity index (χ2n) is 5.60. The molecule has 0 aliphatic rings. The third-order valence-electron chi connectivity index (χ3n) is 2.39. The Hall–Kier alpha value is -0.0800. The maximum Gasteiger partial charge on any atom is 0.0528 e. The fourth-order valence-electron chi connectivity index (χ4n) is 1.64. The van der Waals surface area contributed by atoms with Crippen LogP contribution in [0.3, 0.4) is 0 Å². The fraction of sp³-hybridized carbons (Fsp3) is 1.00. The summed E-state index contributed by atoms with van der Waals surface area (Å²) in [6, 6.07) is 0.